The number of carboxylic acid groups (broad SMARTS) is 1. The van der Waals surface area contributed by atoms with E-state index in [1.807, 2.05) is 24.3 Å². The molecular formula is C18H23NO4. The number of amides is 1. The highest BCUT2D eigenvalue weighted by Crippen LogP contribution is 2.22. The number of allylic oxidation sites excluding steroid dienone is 2. The normalized spacial score (nSPS) is 18.2. The summed E-state index contributed by atoms with van der Waals surface area (Å²) in [4.78, 5) is 23.6. The van der Waals surface area contributed by atoms with Gasteiger partial charge >= 0.3 is 5.97 Å². The van der Waals surface area contributed by atoms with Gasteiger partial charge in [0.15, 0.2) is 0 Å². The number of carbonyl (C=O) groups is 2. The number of aliphatic carboxylic acids is 1. The van der Waals surface area contributed by atoms with Crippen LogP contribution >= 0.6 is 0 Å². The Hall–Kier alpha value is -2.30. The Kier molecular flexibility index (Phi) is 6.20. The first-order valence-corrected chi connectivity index (χ1v) is 7.89. The van der Waals surface area contributed by atoms with Gasteiger partial charge in [0.1, 0.15) is 5.75 Å². The van der Waals surface area contributed by atoms with E-state index in [1.165, 1.54) is 0 Å². The van der Waals surface area contributed by atoms with Crippen molar-refractivity contribution >= 4 is 11.9 Å². The number of para-hydroxylation sites is 1. The first kappa shape index (κ1) is 17.1. The summed E-state index contributed by atoms with van der Waals surface area (Å²) in [7, 11) is 1.56. The summed E-state index contributed by atoms with van der Waals surface area (Å²) in [5.41, 5.74) is 0.831. The maximum Gasteiger partial charge on any atom is 0.308 e. The average molecular weight is 317 g/mol. The maximum atomic E-state index is 12.1. The summed E-state index contributed by atoms with van der Waals surface area (Å²) in [6, 6.07) is 7.35. The number of carboxylic acids is 1. The van der Waals surface area contributed by atoms with Crippen molar-refractivity contribution in [1.82, 2.24) is 5.32 Å². The summed E-state index contributed by atoms with van der Waals surface area (Å²) in [5.74, 6) is -1.02. The van der Waals surface area contributed by atoms with Gasteiger partial charge in [-0.25, -0.2) is 0 Å². The lowest BCUT2D eigenvalue weighted by atomic mass is 9.93. The minimum absolute atomic E-state index is 0.0410. The third-order valence-electron chi connectivity index (χ3n) is 4.17. The lowest BCUT2D eigenvalue weighted by molar-refractivity contribution is -0.141. The molecule has 0 heterocycles. The van der Waals surface area contributed by atoms with E-state index in [4.69, 9.17) is 4.74 Å². The molecule has 1 aromatic rings. The fraction of sp³-hybridized carbons (Fsp3) is 0.444. The van der Waals surface area contributed by atoms with E-state index >= 15 is 0 Å². The van der Waals surface area contributed by atoms with Crippen LogP contribution in [0.3, 0.4) is 0 Å². The zero-order valence-electron chi connectivity index (χ0n) is 13.3. The molecule has 1 aliphatic rings. The van der Waals surface area contributed by atoms with Crippen LogP contribution in [-0.2, 0) is 16.0 Å². The van der Waals surface area contributed by atoms with Crippen molar-refractivity contribution in [2.24, 2.45) is 11.8 Å². The second kappa shape index (κ2) is 8.36. The van der Waals surface area contributed by atoms with E-state index in [0.717, 1.165) is 24.8 Å². The van der Waals surface area contributed by atoms with Gasteiger partial charge in [0.25, 0.3) is 0 Å². The summed E-state index contributed by atoms with van der Waals surface area (Å²) < 4.78 is 5.26. The van der Waals surface area contributed by atoms with Crippen LogP contribution in [0.1, 0.15) is 24.8 Å². The Labute approximate surface area is 136 Å². The van der Waals surface area contributed by atoms with Gasteiger partial charge in [-0.15, -0.1) is 0 Å². The van der Waals surface area contributed by atoms with Gasteiger partial charge in [-0.1, -0.05) is 30.4 Å². The van der Waals surface area contributed by atoms with Crippen molar-refractivity contribution < 1.29 is 19.4 Å². The number of hydrogen-bond donors (Lipinski definition) is 2. The number of nitrogens with one attached hydrogen (secondary N) is 1. The summed E-state index contributed by atoms with van der Waals surface area (Å²) in [5, 5.41) is 12.2. The van der Waals surface area contributed by atoms with Gasteiger partial charge in [-0.2, -0.15) is 0 Å². The number of benzene rings is 1. The van der Waals surface area contributed by atoms with Crippen LogP contribution in [-0.4, -0.2) is 30.6 Å². The van der Waals surface area contributed by atoms with Crippen LogP contribution in [0, 0.1) is 11.8 Å². The molecule has 0 saturated carbocycles. The second-order valence-corrected chi connectivity index (χ2v) is 5.78. The van der Waals surface area contributed by atoms with Crippen molar-refractivity contribution in [3.8, 4) is 5.75 Å². The summed E-state index contributed by atoms with van der Waals surface area (Å²) >= 11 is 0. The largest absolute Gasteiger partial charge is 0.496 e. The molecule has 0 unspecified atom stereocenters. The van der Waals surface area contributed by atoms with Crippen LogP contribution < -0.4 is 10.1 Å². The molecule has 2 atom stereocenters. The average Bonchev–Trinajstić information content (AvgIpc) is 2.59. The maximum absolute atomic E-state index is 12.1. The molecule has 0 fully saturated rings. The Balaban J connectivity index is 1.95. The van der Waals surface area contributed by atoms with Gasteiger partial charge in [0.05, 0.1) is 13.0 Å². The molecule has 0 aromatic heterocycles. The summed E-state index contributed by atoms with van der Waals surface area (Å²) in [6.07, 6.45) is 6.87. The number of hydrogen-bond acceptors (Lipinski definition) is 3. The molecule has 1 aliphatic carbocycles. The molecular weight excluding hydrogens is 294 g/mol. The van der Waals surface area contributed by atoms with Crippen molar-refractivity contribution in [2.75, 3.05) is 13.7 Å². The number of methoxy groups -OCH3 is 1. The molecule has 1 aromatic carbocycles. The predicted octanol–water partition coefficient (Wildman–Crippen LogP) is 2.41. The van der Waals surface area contributed by atoms with E-state index in [2.05, 4.69) is 11.4 Å². The van der Waals surface area contributed by atoms with E-state index in [0.29, 0.717) is 12.2 Å². The smallest absolute Gasteiger partial charge is 0.308 e. The predicted molar refractivity (Wildman–Crippen MR) is 87.3 cm³/mol. The molecule has 5 nitrogen and oxygen atoms in total. The minimum atomic E-state index is -0.917. The number of ether oxygens (including phenoxy) is 1. The highest BCUT2D eigenvalue weighted by atomic mass is 16.5. The van der Waals surface area contributed by atoms with Gasteiger partial charge < -0.3 is 15.2 Å². The molecule has 124 valence electrons. The fourth-order valence-corrected chi connectivity index (χ4v) is 2.78. The lowest BCUT2D eigenvalue weighted by Gasteiger charge is -2.20. The zero-order valence-corrected chi connectivity index (χ0v) is 13.3. The third kappa shape index (κ3) is 4.84. The Bertz CT molecular complexity index is 582. The van der Waals surface area contributed by atoms with Crippen molar-refractivity contribution in [3.63, 3.8) is 0 Å². The van der Waals surface area contributed by atoms with Gasteiger partial charge in [0.2, 0.25) is 5.91 Å². The summed E-state index contributed by atoms with van der Waals surface area (Å²) in [6.45, 7) is 0.131. The SMILES string of the molecule is COc1ccccc1C[C@H](CNC(=O)[C@H]1CC=CCC1)C(=O)O. The quantitative estimate of drug-likeness (QED) is 0.757. The van der Waals surface area contributed by atoms with Gasteiger partial charge in [0, 0.05) is 12.5 Å². The molecule has 2 N–H and O–H groups in total. The molecule has 1 amide bonds. The standard InChI is InChI=1S/C18H23NO4/c1-23-16-10-6-5-9-14(16)11-15(18(21)22)12-19-17(20)13-7-3-2-4-8-13/h2-3,5-6,9-10,13,15H,4,7-8,11-12H2,1H3,(H,19,20)(H,21,22)/t13-,15+/m0/s1. The van der Waals surface area contributed by atoms with E-state index < -0.39 is 11.9 Å². The van der Waals surface area contributed by atoms with Crippen molar-refractivity contribution in [3.05, 3.63) is 42.0 Å². The molecule has 0 saturated heterocycles. The minimum Gasteiger partial charge on any atom is -0.496 e. The monoisotopic (exact) mass is 317 g/mol. The van der Waals surface area contributed by atoms with Crippen LogP contribution in [0.5, 0.6) is 5.75 Å². The Morgan fingerprint density at radius 2 is 2.13 bits per heavy atom. The van der Waals surface area contributed by atoms with Crippen LogP contribution in [0.15, 0.2) is 36.4 Å². The molecule has 0 aliphatic heterocycles. The molecule has 0 radical (unpaired) electrons. The number of carbonyl (C=O) groups excluding carboxylic acids is 1. The molecule has 23 heavy (non-hydrogen) atoms. The molecule has 0 spiro atoms. The van der Waals surface area contributed by atoms with Crippen molar-refractivity contribution in [2.45, 2.75) is 25.7 Å². The molecule has 0 bridgehead atoms. The van der Waals surface area contributed by atoms with Gasteiger partial charge in [-0.05, 0) is 37.3 Å². The highest BCUT2D eigenvalue weighted by Gasteiger charge is 2.23. The molecule has 5 heteroatoms. The lowest BCUT2D eigenvalue weighted by Crippen LogP contribution is -2.37. The highest BCUT2D eigenvalue weighted by molar-refractivity contribution is 5.80. The topological polar surface area (TPSA) is 75.6 Å². The van der Waals surface area contributed by atoms with Crippen molar-refractivity contribution in [1.29, 1.82) is 0 Å². The molecule has 2 rings (SSSR count). The zero-order chi connectivity index (χ0) is 16.7. The Morgan fingerprint density at radius 3 is 2.78 bits per heavy atom. The number of rotatable bonds is 7. The van der Waals surface area contributed by atoms with Crippen LogP contribution in [0.4, 0.5) is 0 Å². The van der Waals surface area contributed by atoms with Crippen LogP contribution in [0.2, 0.25) is 0 Å². The van der Waals surface area contributed by atoms with E-state index in [1.54, 1.807) is 13.2 Å². The first-order valence-electron chi connectivity index (χ1n) is 7.89. The second-order valence-electron chi connectivity index (χ2n) is 5.78. The van der Waals surface area contributed by atoms with E-state index in [-0.39, 0.29) is 18.4 Å². The first-order chi connectivity index (χ1) is 11.1. The van der Waals surface area contributed by atoms with E-state index in [9.17, 15) is 14.7 Å². The van der Waals surface area contributed by atoms with Gasteiger partial charge in [-0.3, -0.25) is 9.59 Å². The third-order valence-corrected chi connectivity index (χ3v) is 4.17. The Morgan fingerprint density at radius 1 is 1.35 bits per heavy atom. The van der Waals surface area contributed by atoms with Crippen LogP contribution in [0.25, 0.3) is 0 Å². The fourth-order valence-electron chi connectivity index (χ4n) is 2.78.